The highest BCUT2D eigenvalue weighted by Gasteiger charge is 2.12. The molecule has 1 rings (SSSR count). The van der Waals surface area contributed by atoms with E-state index in [1.54, 1.807) is 43.3 Å². The van der Waals surface area contributed by atoms with Crippen LogP contribution in [0.3, 0.4) is 0 Å². The molecule has 0 aliphatic rings. The first-order valence-corrected chi connectivity index (χ1v) is 5.66. The fourth-order valence-corrected chi connectivity index (χ4v) is 1.90. The van der Waals surface area contributed by atoms with Gasteiger partial charge in [0.1, 0.15) is 0 Å². The van der Waals surface area contributed by atoms with E-state index in [0.29, 0.717) is 16.2 Å². The van der Waals surface area contributed by atoms with Gasteiger partial charge in [-0.2, -0.15) is 5.26 Å². The highest BCUT2D eigenvalue weighted by Crippen LogP contribution is 2.22. The molecule has 1 unspecified atom stereocenters. The van der Waals surface area contributed by atoms with E-state index in [1.165, 1.54) is 6.08 Å². The highest BCUT2D eigenvalue weighted by molar-refractivity contribution is 7.79. The minimum absolute atomic E-state index is 0.303. The minimum Gasteiger partial charge on any atom is -0.377 e. The first-order valence-electron chi connectivity index (χ1n) is 4.55. The van der Waals surface area contributed by atoms with Crippen molar-refractivity contribution in [3.05, 3.63) is 35.9 Å². The predicted octanol–water partition coefficient (Wildman–Crippen LogP) is 1.69. The van der Waals surface area contributed by atoms with Gasteiger partial charge in [-0.1, -0.05) is 18.2 Å². The number of rotatable bonds is 3. The number of allylic oxidation sites excluding steroid dienone is 1. The van der Waals surface area contributed by atoms with Crippen molar-refractivity contribution in [1.82, 2.24) is 4.90 Å². The zero-order valence-electron chi connectivity index (χ0n) is 9.04. The van der Waals surface area contributed by atoms with Gasteiger partial charge in [0.2, 0.25) is 0 Å². The maximum atomic E-state index is 11.1. The van der Waals surface area contributed by atoms with Crippen molar-refractivity contribution >= 4 is 16.8 Å². The first kappa shape index (κ1) is 12.4. The monoisotopic (exact) mass is 236 g/mol. The van der Waals surface area contributed by atoms with Crippen LogP contribution in [0.1, 0.15) is 5.56 Å². The molecule has 0 amide bonds. The summed E-state index contributed by atoms with van der Waals surface area (Å²) in [5, 5.41) is 8.68. The Morgan fingerprint density at radius 1 is 1.50 bits per heavy atom. The molecular weight excluding hydrogens is 224 g/mol. The number of hydrogen-bond acceptors (Lipinski definition) is 3. The molecule has 0 fully saturated rings. The Hall–Kier alpha value is -1.64. The van der Waals surface area contributed by atoms with Crippen LogP contribution in [-0.2, 0) is 11.1 Å². The van der Waals surface area contributed by atoms with Crippen LogP contribution >= 0.6 is 0 Å². The molecule has 0 heterocycles. The fourth-order valence-electron chi connectivity index (χ4n) is 1.34. The summed E-state index contributed by atoms with van der Waals surface area (Å²) in [5.74, 6) is 0. The quantitative estimate of drug-likeness (QED) is 0.640. The molecule has 1 aromatic carbocycles. The molecule has 16 heavy (non-hydrogen) atoms. The van der Waals surface area contributed by atoms with E-state index in [0.717, 1.165) is 0 Å². The van der Waals surface area contributed by atoms with Gasteiger partial charge in [0, 0.05) is 25.7 Å². The summed E-state index contributed by atoms with van der Waals surface area (Å²) in [6.07, 6.45) is 1.35. The lowest BCUT2D eigenvalue weighted by molar-refractivity contribution is 0.561. The minimum atomic E-state index is -2.06. The van der Waals surface area contributed by atoms with Crippen molar-refractivity contribution in [2.75, 3.05) is 14.1 Å². The average Bonchev–Trinajstić information content (AvgIpc) is 2.25. The highest BCUT2D eigenvalue weighted by atomic mass is 32.2. The molecule has 0 saturated heterocycles. The van der Waals surface area contributed by atoms with E-state index in [1.807, 2.05) is 6.07 Å². The lowest BCUT2D eigenvalue weighted by Gasteiger charge is -2.18. The van der Waals surface area contributed by atoms with E-state index in [9.17, 15) is 4.21 Å². The Morgan fingerprint density at radius 3 is 2.62 bits per heavy atom. The third-order valence-electron chi connectivity index (χ3n) is 2.03. The lowest BCUT2D eigenvalue weighted by Crippen LogP contribution is -2.11. The van der Waals surface area contributed by atoms with Gasteiger partial charge in [0.05, 0.1) is 16.7 Å². The summed E-state index contributed by atoms with van der Waals surface area (Å²) in [6.45, 7) is 0. The summed E-state index contributed by atoms with van der Waals surface area (Å²) in [7, 11) is 3.56. The van der Waals surface area contributed by atoms with Crippen molar-refractivity contribution in [3.8, 4) is 6.07 Å². The van der Waals surface area contributed by atoms with Crippen molar-refractivity contribution in [3.63, 3.8) is 0 Å². The van der Waals surface area contributed by atoms with E-state index < -0.39 is 11.1 Å². The van der Waals surface area contributed by atoms with Gasteiger partial charge in [-0.25, -0.2) is 4.21 Å². The van der Waals surface area contributed by atoms with Crippen LogP contribution in [0.4, 0.5) is 0 Å². The molecule has 5 heteroatoms. The topological polar surface area (TPSA) is 64.3 Å². The Bertz CT molecular complexity index is 475. The molecule has 4 nitrogen and oxygen atoms in total. The normalized spacial score (nSPS) is 13.0. The second kappa shape index (κ2) is 5.45. The van der Waals surface area contributed by atoms with Gasteiger partial charge in [-0.15, -0.1) is 0 Å². The van der Waals surface area contributed by atoms with E-state index in [2.05, 4.69) is 0 Å². The summed E-state index contributed by atoms with van der Waals surface area (Å²) in [6, 6.07) is 8.67. The zero-order valence-corrected chi connectivity index (χ0v) is 9.86. The Balaban J connectivity index is 3.37. The van der Waals surface area contributed by atoms with Crippen LogP contribution in [-0.4, -0.2) is 27.8 Å². The average molecular weight is 236 g/mol. The summed E-state index contributed by atoms with van der Waals surface area (Å²) >= 11 is -2.06. The number of hydrogen-bond donors (Lipinski definition) is 1. The zero-order chi connectivity index (χ0) is 12.1. The molecule has 0 spiro atoms. The van der Waals surface area contributed by atoms with Gasteiger partial charge in [0.15, 0.2) is 11.1 Å². The summed E-state index contributed by atoms with van der Waals surface area (Å²) in [5.41, 5.74) is 1.20. The third-order valence-corrected chi connectivity index (χ3v) is 2.77. The van der Waals surface area contributed by atoms with Gasteiger partial charge < -0.3 is 9.45 Å². The van der Waals surface area contributed by atoms with Crippen LogP contribution in [0.25, 0.3) is 5.70 Å². The van der Waals surface area contributed by atoms with Gasteiger partial charge >= 0.3 is 0 Å². The van der Waals surface area contributed by atoms with Crippen LogP contribution in [0.5, 0.6) is 0 Å². The SMILES string of the molecule is CN(C)C(=CC#N)c1ccccc1S(=O)O. The number of nitriles is 1. The van der Waals surface area contributed by atoms with Crippen LogP contribution in [0, 0.1) is 11.3 Å². The molecule has 0 aliphatic heterocycles. The largest absolute Gasteiger partial charge is 0.377 e. The molecular formula is C11H12N2O2S. The summed E-state index contributed by atoms with van der Waals surface area (Å²) in [4.78, 5) is 2.03. The molecule has 1 N–H and O–H groups in total. The molecule has 0 radical (unpaired) electrons. The third kappa shape index (κ3) is 2.69. The standard InChI is InChI=1S/C11H12N2O2S/c1-13(2)10(7-8-12)9-5-3-4-6-11(9)16(14)15/h3-7H,1-2H3,(H,14,15). The maximum absolute atomic E-state index is 11.1. The van der Waals surface area contributed by atoms with Gasteiger partial charge in [-0.05, 0) is 6.07 Å². The predicted molar refractivity (Wildman–Crippen MR) is 62.8 cm³/mol. The Labute approximate surface area is 97.1 Å². The van der Waals surface area contributed by atoms with Gasteiger partial charge in [0.25, 0.3) is 0 Å². The Morgan fingerprint density at radius 2 is 2.12 bits per heavy atom. The van der Waals surface area contributed by atoms with Gasteiger partial charge in [-0.3, -0.25) is 0 Å². The molecule has 0 bridgehead atoms. The van der Waals surface area contributed by atoms with Crippen molar-refractivity contribution in [2.24, 2.45) is 0 Å². The molecule has 0 aliphatic carbocycles. The number of benzene rings is 1. The molecule has 0 saturated carbocycles. The molecule has 0 aromatic heterocycles. The molecule has 1 aromatic rings. The van der Waals surface area contributed by atoms with E-state index in [-0.39, 0.29) is 0 Å². The number of nitrogens with zero attached hydrogens (tertiary/aromatic N) is 2. The van der Waals surface area contributed by atoms with Crippen LogP contribution < -0.4 is 0 Å². The molecule has 1 atom stereocenters. The maximum Gasteiger partial charge on any atom is 0.187 e. The van der Waals surface area contributed by atoms with Crippen LogP contribution in [0.2, 0.25) is 0 Å². The lowest BCUT2D eigenvalue weighted by atomic mass is 10.1. The fraction of sp³-hybridized carbons (Fsp3) is 0.182. The van der Waals surface area contributed by atoms with E-state index in [4.69, 9.17) is 9.81 Å². The first-order chi connectivity index (χ1) is 7.57. The van der Waals surface area contributed by atoms with Crippen LogP contribution in [0.15, 0.2) is 35.2 Å². The summed E-state index contributed by atoms with van der Waals surface area (Å²) < 4.78 is 20.3. The smallest absolute Gasteiger partial charge is 0.187 e. The molecule has 84 valence electrons. The second-order valence-electron chi connectivity index (χ2n) is 3.30. The van der Waals surface area contributed by atoms with Crippen molar-refractivity contribution in [1.29, 1.82) is 5.26 Å². The Kier molecular flexibility index (Phi) is 4.23. The van der Waals surface area contributed by atoms with Crippen molar-refractivity contribution in [2.45, 2.75) is 4.90 Å². The van der Waals surface area contributed by atoms with E-state index >= 15 is 0 Å². The van der Waals surface area contributed by atoms with Crippen molar-refractivity contribution < 1.29 is 8.76 Å². The second-order valence-corrected chi connectivity index (χ2v) is 4.24.